The Hall–Kier alpha value is -2.39. The maximum Gasteiger partial charge on any atom is 0.348 e. The summed E-state index contributed by atoms with van der Waals surface area (Å²) in [7, 11) is 0. The van der Waals surface area contributed by atoms with Gasteiger partial charge in [-0.3, -0.25) is 4.79 Å². The molecule has 7 nitrogen and oxygen atoms in total. The summed E-state index contributed by atoms with van der Waals surface area (Å²) in [6, 6.07) is 5.59. The monoisotopic (exact) mass is 511 g/mol. The Labute approximate surface area is 194 Å². The van der Waals surface area contributed by atoms with Crippen molar-refractivity contribution in [2.75, 3.05) is 25.1 Å². The zero-order valence-electron chi connectivity index (χ0n) is 18.2. The number of carbonyl (C=O) groups is 3. The fraction of sp³-hybridized carbons (Fsp3) is 0.409. The molecule has 1 aromatic carbocycles. The quantitative estimate of drug-likeness (QED) is 0.458. The van der Waals surface area contributed by atoms with Crippen molar-refractivity contribution in [3.63, 3.8) is 0 Å². The Morgan fingerprint density at radius 1 is 1.10 bits per heavy atom. The summed E-state index contributed by atoms with van der Waals surface area (Å²) in [5.41, 5.74) is 1.52. The second-order valence-corrected chi connectivity index (χ2v) is 8.81. The lowest BCUT2D eigenvalue weighted by Gasteiger charge is -2.14. The average Bonchev–Trinajstić information content (AvgIpc) is 3.03. The summed E-state index contributed by atoms with van der Waals surface area (Å²) in [6.45, 7) is 9.18. The Bertz CT molecular complexity index is 969. The van der Waals surface area contributed by atoms with Crippen molar-refractivity contribution in [3.8, 4) is 5.75 Å². The number of amides is 1. The number of thiophene rings is 1. The third-order valence-electron chi connectivity index (χ3n) is 4.29. The van der Waals surface area contributed by atoms with E-state index < -0.39 is 17.8 Å². The van der Waals surface area contributed by atoms with Crippen LogP contribution < -0.4 is 10.1 Å². The van der Waals surface area contributed by atoms with Crippen LogP contribution in [-0.2, 0) is 14.3 Å². The van der Waals surface area contributed by atoms with Crippen LogP contribution in [0.25, 0.3) is 0 Å². The lowest BCUT2D eigenvalue weighted by molar-refractivity contribution is -0.118. The summed E-state index contributed by atoms with van der Waals surface area (Å²) < 4.78 is 16.8. The van der Waals surface area contributed by atoms with Gasteiger partial charge in [-0.1, -0.05) is 29.8 Å². The summed E-state index contributed by atoms with van der Waals surface area (Å²) >= 11 is 4.42. The summed E-state index contributed by atoms with van der Waals surface area (Å²) in [4.78, 5) is 37.5. The number of rotatable bonds is 9. The lowest BCUT2D eigenvalue weighted by atomic mass is 10.0. The van der Waals surface area contributed by atoms with E-state index in [0.29, 0.717) is 11.3 Å². The minimum atomic E-state index is -0.613. The van der Waals surface area contributed by atoms with Gasteiger partial charge in [0.15, 0.2) is 6.61 Å². The molecule has 31 heavy (non-hydrogen) atoms. The standard InChI is InChI=1S/C22H26BrNO6S/c1-6-28-21(26)18-13(5)19(22(27)29-7-2)31-20(18)24-17(25)11-30-16-9-8-14(23)10-15(16)12(3)4/h8-10,12H,6-7,11H2,1-5H3,(H,24,25). The highest BCUT2D eigenvalue weighted by molar-refractivity contribution is 9.10. The van der Waals surface area contributed by atoms with Gasteiger partial charge in [-0.15, -0.1) is 11.3 Å². The van der Waals surface area contributed by atoms with Crippen LogP contribution in [0, 0.1) is 6.92 Å². The van der Waals surface area contributed by atoms with Crippen molar-refractivity contribution in [3.05, 3.63) is 44.2 Å². The number of hydrogen-bond donors (Lipinski definition) is 1. The van der Waals surface area contributed by atoms with Gasteiger partial charge in [-0.25, -0.2) is 9.59 Å². The van der Waals surface area contributed by atoms with E-state index in [1.165, 1.54) is 0 Å². The molecular weight excluding hydrogens is 486 g/mol. The number of esters is 2. The molecule has 168 valence electrons. The predicted octanol–water partition coefficient (Wildman–Crippen LogP) is 5.31. The molecule has 0 fully saturated rings. The Kier molecular flexibility index (Phi) is 9.06. The normalized spacial score (nSPS) is 10.7. The fourth-order valence-electron chi connectivity index (χ4n) is 2.85. The summed E-state index contributed by atoms with van der Waals surface area (Å²) in [5.74, 6) is -0.812. The predicted molar refractivity (Wildman–Crippen MR) is 123 cm³/mol. The number of hydrogen-bond acceptors (Lipinski definition) is 7. The minimum Gasteiger partial charge on any atom is -0.483 e. The fourth-order valence-corrected chi connectivity index (χ4v) is 4.33. The van der Waals surface area contributed by atoms with Gasteiger partial charge in [0.2, 0.25) is 0 Å². The zero-order valence-corrected chi connectivity index (χ0v) is 20.6. The second-order valence-electron chi connectivity index (χ2n) is 6.87. The first-order chi connectivity index (χ1) is 14.7. The first kappa shape index (κ1) is 24.9. The number of ether oxygens (including phenoxy) is 3. The van der Waals surface area contributed by atoms with E-state index in [2.05, 4.69) is 21.2 Å². The average molecular weight is 512 g/mol. The maximum absolute atomic E-state index is 12.6. The largest absolute Gasteiger partial charge is 0.483 e. The summed E-state index contributed by atoms with van der Waals surface area (Å²) in [5, 5.41) is 2.90. The van der Waals surface area contributed by atoms with Crippen molar-refractivity contribution >= 4 is 50.1 Å². The van der Waals surface area contributed by atoms with E-state index in [0.717, 1.165) is 21.4 Å². The SMILES string of the molecule is CCOC(=O)c1sc(NC(=O)COc2ccc(Br)cc2C(C)C)c(C(=O)OCC)c1C. The van der Waals surface area contributed by atoms with Gasteiger partial charge in [0.1, 0.15) is 15.6 Å². The Morgan fingerprint density at radius 2 is 1.74 bits per heavy atom. The Morgan fingerprint density at radius 3 is 2.35 bits per heavy atom. The van der Waals surface area contributed by atoms with Crippen LogP contribution in [0.4, 0.5) is 5.00 Å². The van der Waals surface area contributed by atoms with Crippen molar-refractivity contribution in [1.82, 2.24) is 0 Å². The highest BCUT2D eigenvalue weighted by atomic mass is 79.9. The number of halogens is 1. The Balaban J connectivity index is 2.23. The smallest absolute Gasteiger partial charge is 0.348 e. The first-order valence-electron chi connectivity index (χ1n) is 9.89. The summed E-state index contributed by atoms with van der Waals surface area (Å²) in [6.07, 6.45) is 0. The van der Waals surface area contributed by atoms with Crippen LogP contribution in [0.5, 0.6) is 5.75 Å². The number of nitrogens with one attached hydrogen (secondary N) is 1. The molecule has 0 bridgehead atoms. The van der Waals surface area contributed by atoms with E-state index >= 15 is 0 Å². The lowest BCUT2D eigenvalue weighted by Crippen LogP contribution is -2.21. The first-order valence-corrected chi connectivity index (χ1v) is 11.5. The van der Waals surface area contributed by atoms with Crippen LogP contribution in [0.15, 0.2) is 22.7 Å². The van der Waals surface area contributed by atoms with Crippen LogP contribution in [0.2, 0.25) is 0 Å². The highest BCUT2D eigenvalue weighted by Crippen LogP contribution is 2.34. The van der Waals surface area contributed by atoms with E-state index in [4.69, 9.17) is 14.2 Å². The van der Waals surface area contributed by atoms with E-state index in [9.17, 15) is 14.4 Å². The van der Waals surface area contributed by atoms with Crippen molar-refractivity contribution in [2.24, 2.45) is 0 Å². The van der Waals surface area contributed by atoms with Gasteiger partial charge in [0.25, 0.3) is 5.91 Å². The van der Waals surface area contributed by atoms with Gasteiger partial charge in [0, 0.05) is 4.47 Å². The highest BCUT2D eigenvalue weighted by Gasteiger charge is 2.27. The molecule has 0 spiro atoms. The molecule has 9 heteroatoms. The molecule has 0 unspecified atom stereocenters. The van der Waals surface area contributed by atoms with E-state index in [1.54, 1.807) is 26.8 Å². The van der Waals surface area contributed by atoms with Crippen molar-refractivity contribution in [2.45, 2.75) is 40.5 Å². The molecule has 2 aromatic rings. The van der Waals surface area contributed by atoms with Crippen molar-refractivity contribution < 1.29 is 28.6 Å². The third kappa shape index (κ3) is 6.30. The van der Waals surface area contributed by atoms with Gasteiger partial charge >= 0.3 is 11.9 Å². The molecule has 0 radical (unpaired) electrons. The molecule has 0 aliphatic carbocycles. The van der Waals surface area contributed by atoms with Gasteiger partial charge in [-0.2, -0.15) is 0 Å². The molecule has 0 saturated heterocycles. The van der Waals surface area contributed by atoms with Crippen LogP contribution in [0.1, 0.15) is 64.8 Å². The molecule has 1 N–H and O–H groups in total. The molecule has 0 atom stereocenters. The third-order valence-corrected chi connectivity index (χ3v) is 5.97. The number of benzene rings is 1. The minimum absolute atomic E-state index is 0.148. The van der Waals surface area contributed by atoms with Crippen LogP contribution in [-0.4, -0.2) is 37.7 Å². The molecule has 0 aliphatic rings. The van der Waals surface area contributed by atoms with Gasteiger partial charge in [-0.05, 0) is 56.0 Å². The van der Waals surface area contributed by atoms with Crippen LogP contribution in [0.3, 0.4) is 0 Å². The number of anilines is 1. The zero-order chi connectivity index (χ0) is 23.1. The van der Waals surface area contributed by atoms with E-state index in [1.807, 2.05) is 26.0 Å². The molecule has 1 amide bonds. The molecule has 2 rings (SSSR count). The van der Waals surface area contributed by atoms with Crippen LogP contribution >= 0.6 is 27.3 Å². The van der Waals surface area contributed by atoms with E-state index in [-0.39, 0.29) is 41.2 Å². The maximum atomic E-state index is 12.6. The molecular formula is C22H26BrNO6S. The van der Waals surface area contributed by atoms with Gasteiger partial charge < -0.3 is 19.5 Å². The molecule has 0 saturated carbocycles. The van der Waals surface area contributed by atoms with Crippen molar-refractivity contribution in [1.29, 1.82) is 0 Å². The topological polar surface area (TPSA) is 90.9 Å². The molecule has 0 aliphatic heterocycles. The van der Waals surface area contributed by atoms with Gasteiger partial charge in [0.05, 0.1) is 18.8 Å². The molecule has 1 aromatic heterocycles. The second kappa shape index (κ2) is 11.3. The molecule has 1 heterocycles. The number of carbonyl (C=O) groups excluding carboxylic acids is 3.